The van der Waals surface area contributed by atoms with E-state index in [9.17, 15) is 14.0 Å². The van der Waals surface area contributed by atoms with E-state index in [2.05, 4.69) is 0 Å². The summed E-state index contributed by atoms with van der Waals surface area (Å²) in [7, 11) is -0.617. The zero-order valence-electron chi connectivity index (χ0n) is 17.6. The predicted octanol–water partition coefficient (Wildman–Crippen LogP) is 1.48. The third-order valence-electron chi connectivity index (χ3n) is 4.95. The van der Waals surface area contributed by atoms with Crippen molar-refractivity contribution in [3.05, 3.63) is 114 Å². The van der Waals surface area contributed by atoms with Crippen LogP contribution in [0.15, 0.2) is 97.1 Å². The van der Waals surface area contributed by atoms with Gasteiger partial charge in [-0.3, -0.25) is 0 Å². The molecule has 0 aromatic heterocycles. The first kappa shape index (κ1) is 22.6. The van der Waals surface area contributed by atoms with E-state index in [1.165, 1.54) is 0 Å². The molecule has 0 N–H and O–H groups in total. The summed E-state index contributed by atoms with van der Waals surface area (Å²) in [6, 6.07) is 27.1. The second-order valence-corrected chi connectivity index (χ2v) is 12.0. The second kappa shape index (κ2) is 9.53. The van der Waals surface area contributed by atoms with Crippen molar-refractivity contribution in [2.75, 3.05) is 19.0 Å². The molecule has 4 rings (SSSR count). The molecule has 7 heteroatoms. The second-order valence-electron chi connectivity index (χ2n) is 7.36. The van der Waals surface area contributed by atoms with Gasteiger partial charge in [0.25, 0.3) is 0 Å². The molecule has 0 bridgehead atoms. The fourth-order valence-corrected chi connectivity index (χ4v) is 8.46. The Morgan fingerprint density at radius 1 is 0.688 bits per heavy atom. The van der Waals surface area contributed by atoms with Crippen molar-refractivity contribution in [2.45, 2.75) is 0 Å². The predicted molar refractivity (Wildman–Crippen MR) is 121 cm³/mol. The van der Waals surface area contributed by atoms with Crippen molar-refractivity contribution in [2.24, 2.45) is 0 Å². The average Bonchev–Trinajstić information content (AvgIpc) is 2.79. The molecule has 0 radical (unpaired) electrons. The number of rotatable bonds is 6. The minimum atomic E-state index is -4.59. The SMILES string of the molecule is CN(C)c1ccc(C2=CC(c3ccccc3)=[Se](O[Cl+3]([O-])([O-])[O-])C(c3ccccc3)=C2)cc1. The normalized spacial score (nSPS) is 16.4. The van der Waals surface area contributed by atoms with Gasteiger partial charge < -0.3 is 0 Å². The van der Waals surface area contributed by atoms with Crippen molar-refractivity contribution < 1.29 is 27.6 Å². The van der Waals surface area contributed by atoms with Crippen LogP contribution in [0.25, 0.3) is 10.0 Å². The van der Waals surface area contributed by atoms with Gasteiger partial charge in [-0.1, -0.05) is 0 Å². The van der Waals surface area contributed by atoms with Gasteiger partial charge in [0.05, 0.1) is 0 Å². The summed E-state index contributed by atoms with van der Waals surface area (Å²) in [5.41, 5.74) is 4.66. The fraction of sp³-hybridized carbons (Fsp3) is 0.0800. The number of hydrogen-bond donors (Lipinski definition) is 0. The molecule has 1 aliphatic rings. The van der Waals surface area contributed by atoms with Crippen molar-refractivity contribution in [3.8, 4) is 0 Å². The van der Waals surface area contributed by atoms with Crippen molar-refractivity contribution >= 4 is 33.9 Å². The summed E-state index contributed by atoms with van der Waals surface area (Å²) < 4.78 is 41.7. The Hall–Kier alpha value is -2.54. The van der Waals surface area contributed by atoms with Gasteiger partial charge in [-0.2, -0.15) is 0 Å². The third kappa shape index (κ3) is 5.26. The summed E-state index contributed by atoms with van der Waals surface area (Å²) >= 11 is -2.66. The zero-order chi connectivity index (χ0) is 22.7. The van der Waals surface area contributed by atoms with Crippen LogP contribution in [0.2, 0.25) is 0 Å². The summed E-state index contributed by atoms with van der Waals surface area (Å²) in [6.45, 7) is 0. The van der Waals surface area contributed by atoms with Crippen LogP contribution in [-0.2, 0) is 3.37 Å². The van der Waals surface area contributed by atoms with Crippen LogP contribution in [0.1, 0.15) is 16.7 Å². The first-order valence-corrected chi connectivity index (χ1v) is 13.5. The quantitative estimate of drug-likeness (QED) is 0.466. The molecule has 164 valence electrons. The molecule has 1 heterocycles. The molecule has 0 spiro atoms. The number of halogens is 1. The molecule has 1 unspecified atom stereocenters. The molecule has 1 atom stereocenters. The molecular weight excluding hydrogens is 493 g/mol. The molecule has 0 fully saturated rings. The monoisotopic (exact) mass is 515 g/mol. The summed E-state index contributed by atoms with van der Waals surface area (Å²) in [5.74, 6) is 0. The maximum atomic E-state index is 11.7. The molecule has 3 aromatic carbocycles. The van der Waals surface area contributed by atoms with Gasteiger partial charge in [0.2, 0.25) is 0 Å². The molecule has 1 aliphatic heterocycles. The first-order chi connectivity index (χ1) is 15.3. The van der Waals surface area contributed by atoms with E-state index >= 15 is 0 Å². The van der Waals surface area contributed by atoms with Gasteiger partial charge in [-0.05, 0) is 0 Å². The molecule has 0 amide bonds. The Kier molecular flexibility index (Phi) is 6.74. The molecule has 3 aromatic rings. The summed E-state index contributed by atoms with van der Waals surface area (Å²) in [4.78, 5) is 2.03. The van der Waals surface area contributed by atoms with Gasteiger partial charge in [0.15, 0.2) is 0 Å². The Balaban J connectivity index is 1.94. The van der Waals surface area contributed by atoms with E-state index in [4.69, 9.17) is 3.37 Å². The zero-order valence-corrected chi connectivity index (χ0v) is 20.1. The van der Waals surface area contributed by atoms with Crippen LogP contribution >= 0.6 is 0 Å². The summed E-state index contributed by atoms with van der Waals surface area (Å²) in [5, 5.41) is 0. The van der Waals surface area contributed by atoms with Crippen LogP contribution in [0.5, 0.6) is 0 Å². The van der Waals surface area contributed by atoms with E-state index in [0.29, 0.717) is 0 Å². The standard InChI is InChI=1S/C25H22ClNO4Se/c1-27(2)23-15-13-19(14-16-23)22-17-24(20-9-5-3-6-10-20)32(31-26(28,29)30)25(18-22)21-11-7-4-8-12-21/h3-18H,1-2H3. The average molecular weight is 515 g/mol. The Labute approximate surface area is 194 Å². The van der Waals surface area contributed by atoms with Gasteiger partial charge in [-0.25, -0.2) is 0 Å². The van der Waals surface area contributed by atoms with Crippen LogP contribution in [0, 0.1) is 10.2 Å². The topological polar surface area (TPSA) is 81.7 Å². The van der Waals surface area contributed by atoms with E-state index in [1.807, 2.05) is 116 Å². The maximum absolute atomic E-state index is 11.7. The number of anilines is 1. The van der Waals surface area contributed by atoms with Gasteiger partial charge in [0, 0.05) is 0 Å². The molecule has 0 saturated heterocycles. The number of benzene rings is 3. The van der Waals surface area contributed by atoms with Gasteiger partial charge in [-0.15, -0.1) is 0 Å². The number of hydrogen-bond acceptors (Lipinski definition) is 5. The molecule has 0 aliphatic carbocycles. The van der Waals surface area contributed by atoms with Crippen molar-refractivity contribution in [1.29, 1.82) is 0 Å². The first-order valence-electron chi connectivity index (χ1n) is 9.86. The fourth-order valence-electron chi connectivity index (χ4n) is 3.40. The van der Waals surface area contributed by atoms with Crippen LogP contribution in [0.4, 0.5) is 5.69 Å². The Bertz CT molecular complexity index is 1180. The van der Waals surface area contributed by atoms with Crippen LogP contribution < -0.4 is 18.9 Å². The molecular formula is C25H22ClNO4Se. The molecule has 5 nitrogen and oxygen atoms in total. The van der Waals surface area contributed by atoms with Gasteiger partial charge >= 0.3 is 194 Å². The molecule has 32 heavy (non-hydrogen) atoms. The van der Waals surface area contributed by atoms with E-state index in [1.54, 1.807) is 0 Å². The van der Waals surface area contributed by atoms with Crippen LogP contribution in [-0.4, -0.2) is 32.3 Å². The molecule has 0 saturated carbocycles. The number of nitrogens with zero attached hydrogens (tertiary/aromatic N) is 1. The van der Waals surface area contributed by atoms with Gasteiger partial charge in [0.1, 0.15) is 0 Å². The van der Waals surface area contributed by atoms with E-state index in [-0.39, 0.29) is 0 Å². The summed E-state index contributed by atoms with van der Waals surface area (Å²) in [6.07, 6.45) is 3.88. The Morgan fingerprint density at radius 2 is 1.25 bits per heavy atom. The van der Waals surface area contributed by atoms with Crippen molar-refractivity contribution in [3.63, 3.8) is 0 Å². The van der Waals surface area contributed by atoms with E-state index < -0.39 is 24.0 Å². The van der Waals surface area contributed by atoms with Crippen LogP contribution in [0.3, 0.4) is 0 Å². The third-order valence-corrected chi connectivity index (χ3v) is 10.2. The Morgan fingerprint density at radius 3 is 1.78 bits per heavy atom. The number of allylic oxidation sites excluding steroid dienone is 3. The van der Waals surface area contributed by atoms with E-state index in [0.717, 1.165) is 36.8 Å². The van der Waals surface area contributed by atoms with Crippen molar-refractivity contribution in [1.82, 2.24) is 0 Å². The minimum absolute atomic E-state index is 0.727.